The van der Waals surface area contributed by atoms with E-state index in [4.69, 9.17) is 35.1 Å². The van der Waals surface area contributed by atoms with Crippen LogP contribution < -0.4 is 5.73 Å². The summed E-state index contributed by atoms with van der Waals surface area (Å²) in [7, 11) is -1.86. The number of unbranched alkanes of at least 4 members (excludes halogenated alkanes) is 17. The van der Waals surface area contributed by atoms with Crippen molar-refractivity contribution < 1.29 is 28.2 Å². The zero-order valence-corrected chi connectivity index (χ0v) is 31.9. The number of rotatable bonds is 24. The Morgan fingerprint density at radius 2 is 1.48 bits per heavy atom. The quantitative estimate of drug-likeness (QED) is 0.0592. The Hall–Kier alpha value is -3.38. The molecule has 52 heavy (non-hydrogen) atoms. The molecule has 3 heterocycles. The molecule has 3 aromatic rings. The number of halogens is 1. The molecule has 11 nitrogen and oxygen atoms in total. The molecule has 1 aliphatic heterocycles. The molecule has 0 saturated carbocycles. The molecule has 3 unspecified atom stereocenters. The predicted molar refractivity (Wildman–Crippen MR) is 204 cm³/mol. The van der Waals surface area contributed by atoms with Crippen molar-refractivity contribution in [2.24, 2.45) is 0 Å². The van der Waals surface area contributed by atoms with Crippen molar-refractivity contribution >= 4 is 19.9 Å². The second-order valence-corrected chi connectivity index (χ2v) is 14.2. The second-order valence-electron chi connectivity index (χ2n) is 13.2. The lowest BCUT2D eigenvalue weighted by molar-refractivity contribution is 0.0103. The first-order chi connectivity index (χ1) is 25.4. The first kappa shape index (κ1) is 44.8. The van der Waals surface area contributed by atoms with Gasteiger partial charge in [0, 0.05) is 12.6 Å². The molecule has 1 aliphatic rings. The molecular formula is C39H60FN6O5P. The summed E-state index contributed by atoms with van der Waals surface area (Å²) in [6, 6.07) is 8.80. The number of hydrogen-bond acceptors (Lipinski definition) is 10. The summed E-state index contributed by atoms with van der Waals surface area (Å²) in [5.74, 6) is -0.370. The molecule has 0 spiro atoms. The lowest BCUT2D eigenvalue weighted by Crippen LogP contribution is -2.14. The standard InChI is InChI=1S/C31H55N4O4P.C7H4FNO.CHN/c1-2-3-4-5-6-7-8-9-10-11-12-13-14-15-16-17-18-19-24-37-40(36)38-25-27-20-23-30(39-27)28-21-22-29-31(32)33-26-34-35(28)29;8-6-1-5(4-9)2-7(10)3-6;1-2/h21-22,26-27,30,36H,2-20,23-25H2,1H3,(H2,32,33,34);1-3,10H;1H. The van der Waals surface area contributed by atoms with Gasteiger partial charge in [-0.1, -0.05) is 116 Å². The van der Waals surface area contributed by atoms with Gasteiger partial charge in [0.15, 0.2) is 5.82 Å². The first-order valence-electron chi connectivity index (χ1n) is 19.0. The van der Waals surface area contributed by atoms with Crippen LogP contribution in [0.5, 0.6) is 5.75 Å². The van der Waals surface area contributed by atoms with Gasteiger partial charge in [-0.3, -0.25) is 0 Å². The summed E-state index contributed by atoms with van der Waals surface area (Å²) in [5, 5.41) is 27.8. The van der Waals surface area contributed by atoms with Crippen molar-refractivity contribution in [1.29, 1.82) is 10.5 Å². The van der Waals surface area contributed by atoms with E-state index in [9.17, 15) is 9.28 Å². The number of aromatic hydroxyl groups is 1. The third-order valence-electron chi connectivity index (χ3n) is 9.03. The summed E-state index contributed by atoms with van der Waals surface area (Å²) in [6.07, 6.45) is 27.5. The maximum atomic E-state index is 12.3. The largest absolute Gasteiger partial charge is 0.508 e. The Morgan fingerprint density at radius 3 is 2.04 bits per heavy atom. The second kappa shape index (κ2) is 28.2. The van der Waals surface area contributed by atoms with Gasteiger partial charge in [0.05, 0.1) is 36.6 Å². The number of nitrogens with zero attached hydrogens (tertiary/aromatic N) is 5. The van der Waals surface area contributed by atoms with E-state index in [0.717, 1.165) is 49.0 Å². The number of hydrogen-bond donors (Lipinski definition) is 3. The maximum Gasteiger partial charge on any atom is 0.329 e. The van der Waals surface area contributed by atoms with Crippen molar-refractivity contribution in [3.8, 4) is 18.4 Å². The van der Waals surface area contributed by atoms with Crippen LogP contribution in [0, 0.1) is 29.0 Å². The molecule has 0 radical (unpaired) electrons. The van der Waals surface area contributed by atoms with Crippen molar-refractivity contribution in [2.75, 3.05) is 18.9 Å². The summed E-state index contributed by atoms with van der Waals surface area (Å²) < 4.78 is 31.3. The van der Waals surface area contributed by atoms with Crippen LogP contribution in [-0.2, 0) is 13.8 Å². The van der Waals surface area contributed by atoms with E-state index < -0.39 is 14.4 Å². The number of phenolic OH excluding ortho intramolecular Hbond substituents is 1. The van der Waals surface area contributed by atoms with Crippen molar-refractivity contribution in [3.63, 3.8) is 0 Å². The number of ether oxygens (including phenoxy) is 1. The maximum absolute atomic E-state index is 12.3. The third kappa shape index (κ3) is 18.4. The number of benzene rings is 1. The number of nitriles is 2. The fourth-order valence-corrected chi connectivity index (χ4v) is 6.89. The van der Waals surface area contributed by atoms with Gasteiger partial charge < -0.3 is 29.5 Å². The minimum absolute atomic E-state index is 0.0689. The van der Waals surface area contributed by atoms with E-state index in [0.29, 0.717) is 19.0 Å². The van der Waals surface area contributed by atoms with E-state index in [1.165, 1.54) is 115 Å². The van der Waals surface area contributed by atoms with Crippen LogP contribution in [0.15, 0.2) is 36.7 Å². The normalized spacial score (nSPS) is 15.7. The molecule has 13 heteroatoms. The van der Waals surface area contributed by atoms with Crippen LogP contribution in [0.4, 0.5) is 10.2 Å². The fraction of sp³-hybridized carbons (Fsp3) is 0.641. The lowest BCUT2D eigenvalue weighted by Gasteiger charge is -2.16. The van der Waals surface area contributed by atoms with Crippen LogP contribution >= 0.6 is 8.60 Å². The van der Waals surface area contributed by atoms with Crippen molar-refractivity contribution in [2.45, 2.75) is 148 Å². The monoisotopic (exact) mass is 742 g/mol. The Bertz CT molecular complexity index is 1420. The highest BCUT2D eigenvalue weighted by Crippen LogP contribution is 2.38. The Kier molecular flexibility index (Phi) is 24.3. The number of aromatic nitrogens is 3. The number of nitrogens with two attached hydrogens (primary N) is 1. The summed E-state index contributed by atoms with van der Waals surface area (Å²) in [6.45, 7) is 6.66. The number of anilines is 1. The van der Waals surface area contributed by atoms with Gasteiger partial charge in [-0.25, -0.2) is 19.2 Å². The molecule has 3 atom stereocenters. The number of nitrogen functional groups attached to an aromatic ring is 1. The summed E-state index contributed by atoms with van der Waals surface area (Å²) >= 11 is 0. The zero-order valence-electron chi connectivity index (χ0n) is 31.0. The average Bonchev–Trinajstić information content (AvgIpc) is 3.80. The molecule has 4 rings (SSSR count). The Morgan fingerprint density at radius 1 is 0.904 bits per heavy atom. The molecule has 0 bridgehead atoms. The van der Waals surface area contributed by atoms with E-state index in [-0.39, 0.29) is 23.5 Å². The van der Waals surface area contributed by atoms with E-state index in [2.05, 4.69) is 23.6 Å². The highest BCUT2D eigenvalue weighted by Gasteiger charge is 2.30. The molecule has 1 fully saturated rings. The van der Waals surface area contributed by atoms with Crippen LogP contribution in [0.2, 0.25) is 0 Å². The molecule has 1 saturated heterocycles. The van der Waals surface area contributed by atoms with E-state index >= 15 is 0 Å². The van der Waals surface area contributed by atoms with Crippen molar-refractivity contribution in [1.82, 2.24) is 14.6 Å². The van der Waals surface area contributed by atoms with Gasteiger partial charge in [-0.15, -0.1) is 0 Å². The van der Waals surface area contributed by atoms with E-state index in [1.54, 1.807) is 10.6 Å². The Balaban J connectivity index is 0.000000664. The van der Waals surface area contributed by atoms with Gasteiger partial charge >= 0.3 is 8.60 Å². The minimum Gasteiger partial charge on any atom is -0.508 e. The van der Waals surface area contributed by atoms with Gasteiger partial charge in [-0.2, -0.15) is 10.4 Å². The van der Waals surface area contributed by atoms with Gasteiger partial charge in [0.1, 0.15) is 29.5 Å². The third-order valence-corrected chi connectivity index (χ3v) is 9.80. The number of phenols is 1. The van der Waals surface area contributed by atoms with Crippen LogP contribution in [0.25, 0.3) is 5.52 Å². The van der Waals surface area contributed by atoms with Crippen LogP contribution in [0.3, 0.4) is 0 Å². The first-order valence-corrected chi connectivity index (χ1v) is 20.2. The average molecular weight is 743 g/mol. The highest BCUT2D eigenvalue weighted by atomic mass is 31.2. The predicted octanol–water partition coefficient (Wildman–Crippen LogP) is 10.4. The molecule has 1 aromatic carbocycles. The number of fused-ring (bicyclic) bond motifs is 1. The molecule has 0 aliphatic carbocycles. The SMILES string of the molecule is C#N.CCCCCCCCCCCCCCCCCCCCOP(O)OCC1CCC(c2ccc3c(N)ncnn23)O1.N#Cc1cc(O)cc(F)c1. The molecule has 4 N–H and O–H groups in total. The smallest absolute Gasteiger partial charge is 0.329 e. The van der Waals surface area contributed by atoms with E-state index in [1.807, 2.05) is 12.1 Å². The molecule has 2 aromatic heterocycles. The fourth-order valence-electron chi connectivity index (χ4n) is 6.23. The Labute approximate surface area is 311 Å². The minimum atomic E-state index is -1.86. The lowest BCUT2D eigenvalue weighted by atomic mass is 10.0. The van der Waals surface area contributed by atoms with Crippen LogP contribution in [0.1, 0.15) is 153 Å². The molecule has 288 valence electrons. The van der Waals surface area contributed by atoms with Gasteiger partial charge in [0.2, 0.25) is 0 Å². The van der Waals surface area contributed by atoms with Crippen molar-refractivity contribution in [3.05, 3.63) is 53.7 Å². The molecular weight excluding hydrogens is 682 g/mol. The summed E-state index contributed by atoms with van der Waals surface area (Å²) in [4.78, 5) is 14.1. The highest BCUT2D eigenvalue weighted by molar-refractivity contribution is 7.40. The zero-order chi connectivity index (χ0) is 37.8. The topological polar surface area (TPSA) is 172 Å². The van der Waals surface area contributed by atoms with Gasteiger partial charge in [-0.05, 0) is 43.5 Å². The molecule has 0 amide bonds. The van der Waals surface area contributed by atoms with Gasteiger partial charge in [0.25, 0.3) is 0 Å². The van der Waals surface area contributed by atoms with Crippen LogP contribution in [-0.4, -0.2) is 43.9 Å². The summed E-state index contributed by atoms with van der Waals surface area (Å²) in [5.41, 5.74) is 7.80.